The summed E-state index contributed by atoms with van der Waals surface area (Å²) in [5.41, 5.74) is 3.10. The molecular weight excluding hydrogens is 390 g/mol. The third-order valence-electron chi connectivity index (χ3n) is 5.69. The van der Waals surface area contributed by atoms with Crippen molar-refractivity contribution in [3.63, 3.8) is 0 Å². The van der Waals surface area contributed by atoms with Gasteiger partial charge in [-0.05, 0) is 48.9 Å². The third-order valence-corrected chi connectivity index (χ3v) is 5.69. The van der Waals surface area contributed by atoms with Crippen LogP contribution in [0.1, 0.15) is 102 Å². The zero-order valence-corrected chi connectivity index (χ0v) is 19.7. The molecule has 0 unspecified atom stereocenters. The lowest BCUT2D eigenvalue weighted by Gasteiger charge is -2.22. The molecule has 31 heavy (non-hydrogen) atoms. The number of aliphatic carboxylic acids is 2. The fraction of sp³-hybridized carbons (Fsp3) is 0.692. The lowest BCUT2D eigenvalue weighted by atomic mass is 9.98. The van der Waals surface area contributed by atoms with Crippen LogP contribution in [0.4, 0.5) is 5.69 Å². The molecule has 0 spiro atoms. The van der Waals surface area contributed by atoms with Gasteiger partial charge < -0.3 is 15.1 Å². The molecular formula is C26H43NO4. The number of carboxylic acids is 2. The summed E-state index contributed by atoms with van der Waals surface area (Å²) >= 11 is 0. The monoisotopic (exact) mass is 433 g/mol. The molecule has 176 valence electrons. The molecule has 1 aromatic rings. The Morgan fingerprint density at radius 1 is 0.645 bits per heavy atom. The zero-order valence-electron chi connectivity index (χ0n) is 19.7. The van der Waals surface area contributed by atoms with Gasteiger partial charge in [-0.15, -0.1) is 0 Å². The number of hydrogen-bond donors (Lipinski definition) is 2. The Hall–Kier alpha value is -2.04. The van der Waals surface area contributed by atoms with Crippen LogP contribution >= 0.6 is 0 Å². The standard InChI is InChI=1S/C26H43NO4/c1-3-5-7-9-11-13-15-22-17-23(16-14-12-10-8-6-4-2)19-24(18-22)27(20-25(28)29)21-26(30)31/h17-19H,3-16,20-21H2,1-2H3,(H,28,29)(H,30,31). The Labute approximate surface area is 188 Å². The highest BCUT2D eigenvalue weighted by atomic mass is 16.4. The van der Waals surface area contributed by atoms with E-state index >= 15 is 0 Å². The van der Waals surface area contributed by atoms with Crippen LogP contribution in [0.3, 0.4) is 0 Å². The summed E-state index contributed by atoms with van der Waals surface area (Å²) in [5, 5.41) is 18.5. The fourth-order valence-electron chi connectivity index (χ4n) is 4.00. The van der Waals surface area contributed by atoms with Gasteiger partial charge >= 0.3 is 11.9 Å². The fourth-order valence-corrected chi connectivity index (χ4v) is 4.00. The van der Waals surface area contributed by atoms with Crippen molar-refractivity contribution in [3.8, 4) is 0 Å². The highest BCUT2D eigenvalue weighted by Crippen LogP contribution is 2.23. The summed E-state index contributed by atoms with van der Waals surface area (Å²) in [6.07, 6.45) is 16.7. The van der Waals surface area contributed by atoms with E-state index in [0.717, 1.165) is 25.7 Å². The number of nitrogens with zero attached hydrogens (tertiary/aromatic N) is 1. The Morgan fingerprint density at radius 2 is 1.03 bits per heavy atom. The van der Waals surface area contributed by atoms with Crippen molar-refractivity contribution in [1.29, 1.82) is 0 Å². The molecule has 0 atom stereocenters. The van der Waals surface area contributed by atoms with Gasteiger partial charge in [0.1, 0.15) is 13.1 Å². The quantitative estimate of drug-likeness (QED) is 0.245. The molecule has 0 fully saturated rings. The van der Waals surface area contributed by atoms with Crippen LogP contribution in [-0.4, -0.2) is 35.2 Å². The van der Waals surface area contributed by atoms with Gasteiger partial charge in [0.05, 0.1) is 0 Å². The lowest BCUT2D eigenvalue weighted by Crippen LogP contribution is -2.34. The van der Waals surface area contributed by atoms with Gasteiger partial charge in [-0.25, -0.2) is 0 Å². The van der Waals surface area contributed by atoms with Crippen molar-refractivity contribution in [3.05, 3.63) is 29.3 Å². The summed E-state index contributed by atoms with van der Waals surface area (Å²) < 4.78 is 0. The van der Waals surface area contributed by atoms with Crippen LogP contribution < -0.4 is 4.90 Å². The van der Waals surface area contributed by atoms with Gasteiger partial charge in [-0.2, -0.15) is 0 Å². The van der Waals surface area contributed by atoms with Crippen molar-refractivity contribution >= 4 is 17.6 Å². The Morgan fingerprint density at radius 3 is 1.42 bits per heavy atom. The summed E-state index contributed by atoms with van der Waals surface area (Å²) in [7, 11) is 0. The van der Waals surface area contributed by atoms with Crippen molar-refractivity contribution in [2.75, 3.05) is 18.0 Å². The summed E-state index contributed by atoms with van der Waals surface area (Å²) in [5.74, 6) is -2.03. The SMILES string of the molecule is CCCCCCCCc1cc(CCCCCCCC)cc(N(CC(=O)O)CC(=O)O)c1. The highest BCUT2D eigenvalue weighted by molar-refractivity contribution is 5.79. The van der Waals surface area contributed by atoms with Crippen LogP contribution in [-0.2, 0) is 22.4 Å². The van der Waals surface area contributed by atoms with Crippen LogP contribution in [0.2, 0.25) is 0 Å². The first kappa shape index (κ1) is 27.0. The first-order valence-electron chi connectivity index (χ1n) is 12.3. The molecule has 2 N–H and O–H groups in total. The van der Waals surface area contributed by atoms with Gasteiger partial charge in [-0.1, -0.05) is 84.1 Å². The largest absolute Gasteiger partial charge is 0.480 e. The minimum atomic E-state index is -1.01. The number of aryl methyl sites for hydroxylation is 2. The van der Waals surface area contributed by atoms with Gasteiger partial charge in [-0.3, -0.25) is 9.59 Å². The first-order valence-corrected chi connectivity index (χ1v) is 12.3. The lowest BCUT2D eigenvalue weighted by molar-refractivity contribution is -0.136. The number of carboxylic acid groups (broad SMARTS) is 2. The molecule has 5 heteroatoms. The maximum Gasteiger partial charge on any atom is 0.323 e. The molecule has 0 aliphatic heterocycles. The second-order valence-electron chi connectivity index (χ2n) is 8.69. The number of hydrogen-bond acceptors (Lipinski definition) is 3. The van der Waals surface area contributed by atoms with Gasteiger partial charge in [0.25, 0.3) is 0 Å². The average molecular weight is 434 g/mol. The van der Waals surface area contributed by atoms with Gasteiger partial charge in [0, 0.05) is 5.69 Å². The maximum atomic E-state index is 11.3. The van der Waals surface area contributed by atoms with E-state index in [-0.39, 0.29) is 13.1 Å². The number of anilines is 1. The topological polar surface area (TPSA) is 77.8 Å². The normalized spacial score (nSPS) is 10.9. The molecule has 1 aromatic carbocycles. The second kappa shape index (κ2) is 16.6. The number of rotatable bonds is 19. The Kier molecular flexibility index (Phi) is 14.5. The van der Waals surface area contributed by atoms with E-state index in [4.69, 9.17) is 0 Å². The number of benzene rings is 1. The minimum Gasteiger partial charge on any atom is -0.480 e. The zero-order chi connectivity index (χ0) is 22.9. The van der Waals surface area contributed by atoms with E-state index in [9.17, 15) is 19.8 Å². The van der Waals surface area contributed by atoms with Crippen LogP contribution in [0.15, 0.2) is 18.2 Å². The van der Waals surface area contributed by atoms with Crippen LogP contribution in [0.5, 0.6) is 0 Å². The third kappa shape index (κ3) is 13.1. The minimum absolute atomic E-state index is 0.302. The van der Waals surface area contributed by atoms with Crippen molar-refractivity contribution in [1.82, 2.24) is 0 Å². The molecule has 0 saturated heterocycles. The molecule has 0 heterocycles. The molecule has 0 aliphatic rings. The molecule has 1 rings (SSSR count). The van der Waals surface area contributed by atoms with E-state index in [1.807, 2.05) is 12.1 Å². The first-order chi connectivity index (χ1) is 15.0. The Balaban J connectivity index is 2.84. The highest BCUT2D eigenvalue weighted by Gasteiger charge is 2.16. The average Bonchev–Trinajstić information content (AvgIpc) is 2.72. The van der Waals surface area contributed by atoms with E-state index < -0.39 is 11.9 Å². The van der Waals surface area contributed by atoms with E-state index in [0.29, 0.717) is 5.69 Å². The smallest absolute Gasteiger partial charge is 0.323 e. The summed E-state index contributed by atoms with van der Waals surface area (Å²) in [4.78, 5) is 24.0. The van der Waals surface area contributed by atoms with E-state index in [1.165, 1.54) is 80.2 Å². The molecule has 0 aromatic heterocycles. The molecule has 0 bridgehead atoms. The van der Waals surface area contributed by atoms with Gasteiger partial charge in [0.2, 0.25) is 0 Å². The van der Waals surface area contributed by atoms with Crippen LogP contribution in [0.25, 0.3) is 0 Å². The predicted molar refractivity (Wildman–Crippen MR) is 128 cm³/mol. The predicted octanol–water partition coefficient (Wildman–Crippen LogP) is 6.47. The summed E-state index contributed by atoms with van der Waals surface area (Å²) in [6, 6.07) is 6.21. The molecule has 0 aliphatic carbocycles. The van der Waals surface area contributed by atoms with E-state index in [1.54, 1.807) is 0 Å². The molecule has 0 radical (unpaired) electrons. The van der Waals surface area contributed by atoms with Crippen LogP contribution in [0, 0.1) is 0 Å². The van der Waals surface area contributed by atoms with Crippen molar-refractivity contribution in [2.45, 2.75) is 104 Å². The molecule has 0 saturated carbocycles. The van der Waals surface area contributed by atoms with Crippen molar-refractivity contribution < 1.29 is 19.8 Å². The number of carbonyl (C=O) groups is 2. The Bertz CT molecular complexity index is 594. The molecule has 5 nitrogen and oxygen atoms in total. The van der Waals surface area contributed by atoms with Crippen molar-refractivity contribution in [2.24, 2.45) is 0 Å². The summed E-state index contributed by atoms with van der Waals surface area (Å²) in [6.45, 7) is 3.83. The van der Waals surface area contributed by atoms with Gasteiger partial charge in [0.15, 0.2) is 0 Å². The number of unbranched alkanes of at least 4 members (excludes halogenated alkanes) is 10. The van der Waals surface area contributed by atoms with E-state index in [2.05, 4.69) is 19.9 Å². The molecule has 0 amide bonds. The maximum absolute atomic E-state index is 11.3. The second-order valence-corrected chi connectivity index (χ2v) is 8.69.